The summed E-state index contributed by atoms with van der Waals surface area (Å²) < 4.78 is 14.1. The van der Waals surface area contributed by atoms with Gasteiger partial charge in [0, 0.05) is 78.3 Å². The maximum atomic E-state index is 14.3. The van der Waals surface area contributed by atoms with Gasteiger partial charge in [-0.15, -0.1) is 0 Å². The molecule has 5 heterocycles. The zero-order valence-corrected chi connectivity index (χ0v) is 58.3. The van der Waals surface area contributed by atoms with Crippen LogP contribution in [0.3, 0.4) is 0 Å². The van der Waals surface area contributed by atoms with Crippen molar-refractivity contribution in [3.05, 3.63) is 380 Å². The smallest absolute Gasteiger partial charge is 0.338 e. The summed E-state index contributed by atoms with van der Waals surface area (Å²) >= 11 is 0. The van der Waals surface area contributed by atoms with Crippen molar-refractivity contribution < 1.29 is 19.1 Å². The molecule has 14 aromatic carbocycles. The number of benzene rings is 14. The molecule has 2 aliphatic heterocycles. The van der Waals surface area contributed by atoms with Gasteiger partial charge in [0.25, 0.3) is 6.71 Å². The Morgan fingerprint density at radius 3 is 1.21 bits per heavy atom. The summed E-state index contributed by atoms with van der Waals surface area (Å²) in [7, 11) is 0. The molecule has 0 aliphatic carbocycles. The molecule has 19 rings (SSSR count). The van der Waals surface area contributed by atoms with E-state index in [-0.39, 0.29) is 19.9 Å². The Morgan fingerprint density at radius 1 is 0.296 bits per heavy atom. The van der Waals surface area contributed by atoms with Gasteiger partial charge in [0.05, 0.1) is 39.2 Å². The molecule has 3 aromatic heterocycles. The highest BCUT2D eigenvalue weighted by atomic mass is 16.5. The SMILES string of the molecule is O=C(OCc1ccccc1)c1ccc2c(c1)c1cc(C(=O)OCc3ccccc3)ccc1n2-c1ccc(-c2nc(-c3ccccc3)nc(-c3ccccc3)n2)cc1-c1nc(-c2ccccc2)cc(-c2cccc(-c3cc4c5c(c3)N(c3ccccc3)c3ccccc3B5c3ccccc3N4c3ccccc3)c2)n1. The standard InChI is InChI=1S/C95H63BN8O4/c105-94(107-60-62-27-8-1-9-28-62)70-48-51-82-75(55-70)76-56-71(95(106)108-61-63-29-10-2-11-30-63)49-52-83(76)104(82)84-50-47-69(92-100-90(65-33-14-4-15-34-65)99-91(101-92)66-35-16-5-17-36-66)54-77(84)93-97-80(64-31-12-3-13-32-64)59-81(98-93)68-38-26-37-67(53-68)72-57-87-89-88(58-72)103(74-41-20-7-21-42-74)86-46-25-23-44-79(86)96(89)78-43-22-24-45-85(78)102(87)73-39-18-6-19-40-73/h1-59H,60-61H2. The number of para-hydroxylation sites is 4. The van der Waals surface area contributed by atoms with Gasteiger partial charge in [-0.05, 0) is 154 Å². The maximum absolute atomic E-state index is 14.3. The second kappa shape index (κ2) is 27.6. The molecule has 510 valence electrons. The van der Waals surface area contributed by atoms with Crippen molar-refractivity contribution in [3.63, 3.8) is 0 Å². The molecular weight excluding hydrogens is 1330 g/mol. The molecule has 12 nitrogen and oxygen atoms in total. The van der Waals surface area contributed by atoms with E-state index in [4.69, 9.17) is 34.4 Å². The molecule has 0 amide bonds. The molecule has 108 heavy (non-hydrogen) atoms. The van der Waals surface area contributed by atoms with Gasteiger partial charge < -0.3 is 23.8 Å². The van der Waals surface area contributed by atoms with Gasteiger partial charge in [-0.25, -0.2) is 34.5 Å². The van der Waals surface area contributed by atoms with Crippen molar-refractivity contribution in [2.45, 2.75) is 13.2 Å². The predicted molar refractivity (Wildman–Crippen MR) is 433 cm³/mol. The molecule has 0 unspecified atom stereocenters. The Labute approximate surface area is 623 Å². The van der Waals surface area contributed by atoms with Crippen LogP contribution in [0.5, 0.6) is 0 Å². The van der Waals surface area contributed by atoms with Crippen molar-refractivity contribution in [1.82, 2.24) is 29.5 Å². The number of rotatable bonds is 16. The minimum absolute atomic E-state index is 0.0516. The van der Waals surface area contributed by atoms with Crippen LogP contribution in [0.2, 0.25) is 0 Å². The molecule has 2 aliphatic rings. The Balaban J connectivity index is 0.824. The van der Waals surface area contributed by atoms with Crippen LogP contribution in [0, 0.1) is 0 Å². The van der Waals surface area contributed by atoms with Gasteiger partial charge in [0.15, 0.2) is 23.3 Å². The summed E-state index contributed by atoms with van der Waals surface area (Å²) in [6.07, 6.45) is 0. The van der Waals surface area contributed by atoms with Crippen molar-refractivity contribution in [1.29, 1.82) is 0 Å². The first-order valence-electron chi connectivity index (χ1n) is 36.0. The average Bonchev–Trinajstić information content (AvgIpc) is 1.03. The lowest BCUT2D eigenvalue weighted by Crippen LogP contribution is -2.61. The van der Waals surface area contributed by atoms with E-state index in [9.17, 15) is 9.59 Å². The Kier molecular flexibility index (Phi) is 16.5. The zero-order chi connectivity index (χ0) is 72.0. The van der Waals surface area contributed by atoms with E-state index >= 15 is 0 Å². The third-order valence-corrected chi connectivity index (χ3v) is 20.3. The van der Waals surface area contributed by atoms with Crippen LogP contribution in [0.1, 0.15) is 31.8 Å². The van der Waals surface area contributed by atoms with E-state index in [2.05, 4.69) is 190 Å². The zero-order valence-electron chi connectivity index (χ0n) is 58.3. The summed E-state index contributed by atoms with van der Waals surface area (Å²) in [5.41, 5.74) is 22.9. The second-order valence-corrected chi connectivity index (χ2v) is 26.9. The minimum atomic E-state index is -0.496. The lowest BCUT2D eigenvalue weighted by molar-refractivity contribution is 0.0464. The average molecular weight is 1390 g/mol. The predicted octanol–water partition coefficient (Wildman–Crippen LogP) is 20.2. The van der Waals surface area contributed by atoms with Crippen LogP contribution in [0.25, 0.3) is 107 Å². The fourth-order valence-corrected chi connectivity index (χ4v) is 15.2. The molecule has 13 heteroatoms. The van der Waals surface area contributed by atoms with Crippen LogP contribution in [0.15, 0.2) is 358 Å². The Morgan fingerprint density at radius 2 is 0.713 bits per heavy atom. The number of hydrogen-bond donors (Lipinski definition) is 0. The largest absolute Gasteiger partial charge is 0.457 e. The first-order chi connectivity index (χ1) is 53.4. The number of nitrogens with zero attached hydrogens (tertiary/aromatic N) is 8. The van der Waals surface area contributed by atoms with E-state index in [0.717, 1.165) is 89.7 Å². The number of carbonyl (C=O) groups excluding carboxylic acids is 2. The third-order valence-electron chi connectivity index (χ3n) is 20.3. The van der Waals surface area contributed by atoms with E-state index in [1.165, 1.54) is 16.4 Å². The molecule has 0 fully saturated rings. The highest BCUT2D eigenvalue weighted by Crippen LogP contribution is 2.47. The number of esters is 2. The van der Waals surface area contributed by atoms with Gasteiger partial charge in [-0.1, -0.05) is 243 Å². The van der Waals surface area contributed by atoms with Crippen LogP contribution in [-0.4, -0.2) is 48.1 Å². The summed E-state index contributed by atoms with van der Waals surface area (Å²) in [4.78, 5) is 60.4. The monoisotopic (exact) mass is 1390 g/mol. The number of aromatic nitrogens is 6. The molecule has 0 saturated carbocycles. The van der Waals surface area contributed by atoms with Gasteiger partial charge in [-0.2, -0.15) is 0 Å². The second-order valence-electron chi connectivity index (χ2n) is 26.9. The topological polar surface area (TPSA) is 128 Å². The van der Waals surface area contributed by atoms with Crippen LogP contribution >= 0.6 is 0 Å². The highest BCUT2D eigenvalue weighted by Gasteiger charge is 2.43. The van der Waals surface area contributed by atoms with Crippen molar-refractivity contribution in [2.24, 2.45) is 0 Å². The molecule has 0 radical (unpaired) electrons. The van der Waals surface area contributed by atoms with E-state index in [1.54, 1.807) is 12.1 Å². The lowest BCUT2D eigenvalue weighted by atomic mass is 9.33. The maximum Gasteiger partial charge on any atom is 0.338 e. The van der Waals surface area contributed by atoms with E-state index < -0.39 is 11.9 Å². The summed E-state index contributed by atoms with van der Waals surface area (Å²) in [6, 6.07) is 121. The molecule has 0 bridgehead atoms. The number of anilines is 6. The number of fused-ring (bicyclic) bond motifs is 7. The van der Waals surface area contributed by atoms with Crippen molar-refractivity contribution in [2.75, 3.05) is 9.80 Å². The van der Waals surface area contributed by atoms with Gasteiger partial charge in [0.1, 0.15) is 13.2 Å². The quantitative estimate of drug-likeness (QED) is 0.0677. The number of hydrogen-bond acceptors (Lipinski definition) is 11. The van der Waals surface area contributed by atoms with Crippen LogP contribution in [0.4, 0.5) is 34.1 Å². The molecule has 0 saturated heterocycles. The molecular formula is C95H63BN8O4. The van der Waals surface area contributed by atoms with Crippen LogP contribution in [-0.2, 0) is 22.7 Å². The fourth-order valence-electron chi connectivity index (χ4n) is 15.2. The molecule has 17 aromatic rings. The highest BCUT2D eigenvalue weighted by molar-refractivity contribution is 7.00. The minimum Gasteiger partial charge on any atom is -0.457 e. The van der Waals surface area contributed by atoms with Crippen molar-refractivity contribution >= 4 is 91.0 Å². The Bertz CT molecular complexity index is 6030. The molecule has 0 N–H and O–H groups in total. The number of ether oxygens (including phenoxy) is 2. The summed E-state index contributed by atoms with van der Waals surface area (Å²) in [6.45, 7) is 0.121. The lowest BCUT2D eigenvalue weighted by Gasteiger charge is -2.44. The van der Waals surface area contributed by atoms with Gasteiger partial charge >= 0.3 is 11.9 Å². The first-order valence-corrected chi connectivity index (χ1v) is 36.0. The third kappa shape index (κ3) is 12.0. The summed E-state index contributed by atoms with van der Waals surface area (Å²) in [5, 5.41) is 1.39. The first kappa shape index (κ1) is 64.4. The van der Waals surface area contributed by atoms with Gasteiger partial charge in [0.2, 0.25) is 0 Å². The van der Waals surface area contributed by atoms with Crippen LogP contribution < -0.4 is 26.2 Å². The molecule has 0 atom stereocenters. The van der Waals surface area contributed by atoms with Crippen molar-refractivity contribution in [3.8, 4) is 84.9 Å². The van der Waals surface area contributed by atoms with E-state index in [0.29, 0.717) is 73.4 Å². The van der Waals surface area contributed by atoms with Gasteiger partial charge in [-0.3, -0.25) is 0 Å². The normalized spacial score (nSPS) is 12.0. The fraction of sp³-hybridized carbons (Fsp3) is 0.0211. The summed E-state index contributed by atoms with van der Waals surface area (Å²) in [5.74, 6) is 0.860. The number of carbonyl (C=O) groups is 2. The van der Waals surface area contributed by atoms with E-state index in [1.807, 2.05) is 170 Å². The molecule has 0 spiro atoms. The Hall–Kier alpha value is -14.4.